The first-order chi connectivity index (χ1) is 14.2. The molecule has 5 nitrogen and oxygen atoms in total. The Labute approximate surface area is 171 Å². The van der Waals surface area contributed by atoms with Crippen molar-refractivity contribution in [3.05, 3.63) is 89.3 Å². The van der Waals surface area contributed by atoms with Gasteiger partial charge in [-0.05, 0) is 48.6 Å². The smallest absolute Gasteiger partial charge is 0.244 e. The summed E-state index contributed by atoms with van der Waals surface area (Å²) in [6, 6.07) is 18.0. The van der Waals surface area contributed by atoms with Gasteiger partial charge in [-0.3, -0.25) is 9.48 Å². The highest BCUT2D eigenvalue weighted by molar-refractivity contribution is 5.92. The molecule has 1 aliphatic rings. The van der Waals surface area contributed by atoms with Crippen LogP contribution in [0.15, 0.2) is 66.9 Å². The van der Waals surface area contributed by atoms with Crippen molar-refractivity contribution in [1.29, 1.82) is 0 Å². The van der Waals surface area contributed by atoms with Gasteiger partial charge in [0.15, 0.2) is 0 Å². The first-order valence-corrected chi connectivity index (χ1v) is 9.94. The van der Waals surface area contributed by atoms with Gasteiger partial charge in [-0.2, -0.15) is 5.10 Å². The van der Waals surface area contributed by atoms with Crippen LogP contribution in [-0.4, -0.2) is 22.8 Å². The fourth-order valence-electron chi connectivity index (χ4n) is 3.80. The van der Waals surface area contributed by atoms with Crippen LogP contribution in [0.4, 0.5) is 0 Å². The minimum Gasteiger partial charge on any atom is -0.497 e. The number of nitrogens with one attached hydrogen (secondary N) is 1. The van der Waals surface area contributed by atoms with Crippen molar-refractivity contribution in [3.63, 3.8) is 0 Å². The predicted molar refractivity (Wildman–Crippen MR) is 114 cm³/mol. The molecule has 0 saturated heterocycles. The maximum absolute atomic E-state index is 12.5. The van der Waals surface area contributed by atoms with Crippen molar-refractivity contribution in [2.75, 3.05) is 7.11 Å². The van der Waals surface area contributed by atoms with Crippen LogP contribution in [0, 0.1) is 0 Å². The van der Waals surface area contributed by atoms with Gasteiger partial charge in [0.05, 0.1) is 25.9 Å². The Hall–Kier alpha value is -3.34. The van der Waals surface area contributed by atoms with Gasteiger partial charge in [-0.25, -0.2) is 0 Å². The second-order valence-electron chi connectivity index (χ2n) is 7.25. The number of carbonyl (C=O) groups is 1. The van der Waals surface area contributed by atoms with Crippen LogP contribution in [0.2, 0.25) is 0 Å². The fraction of sp³-hybridized carbons (Fsp3) is 0.250. The zero-order valence-corrected chi connectivity index (χ0v) is 16.5. The van der Waals surface area contributed by atoms with Crippen LogP contribution >= 0.6 is 0 Å². The molecule has 0 saturated carbocycles. The average molecular weight is 387 g/mol. The van der Waals surface area contributed by atoms with Gasteiger partial charge in [-0.15, -0.1) is 0 Å². The van der Waals surface area contributed by atoms with Crippen LogP contribution in [0.5, 0.6) is 5.75 Å². The number of carbonyl (C=O) groups excluding carboxylic acids is 1. The summed E-state index contributed by atoms with van der Waals surface area (Å²) < 4.78 is 7.29. The van der Waals surface area contributed by atoms with E-state index < -0.39 is 0 Å². The number of amides is 1. The summed E-state index contributed by atoms with van der Waals surface area (Å²) in [6.45, 7) is 0.757. The molecule has 1 N–H and O–H groups in total. The first-order valence-electron chi connectivity index (χ1n) is 9.94. The van der Waals surface area contributed by atoms with Crippen molar-refractivity contribution >= 4 is 12.0 Å². The van der Waals surface area contributed by atoms with Gasteiger partial charge in [0, 0.05) is 17.3 Å². The number of methoxy groups -OCH3 is 1. The summed E-state index contributed by atoms with van der Waals surface area (Å²) in [7, 11) is 1.63. The molecule has 3 aromatic rings. The van der Waals surface area contributed by atoms with Gasteiger partial charge in [-0.1, -0.05) is 42.5 Å². The van der Waals surface area contributed by atoms with E-state index in [1.807, 2.05) is 48.7 Å². The maximum Gasteiger partial charge on any atom is 0.244 e. The summed E-state index contributed by atoms with van der Waals surface area (Å²) in [4.78, 5) is 12.5. The predicted octanol–water partition coefficient (Wildman–Crippen LogP) is 4.15. The molecule has 1 unspecified atom stereocenters. The highest BCUT2D eigenvalue weighted by Crippen LogP contribution is 2.30. The van der Waals surface area contributed by atoms with Gasteiger partial charge in [0.25, 0.3) is 0 Å². The van der Waals surface area contributed by atoms with Gasteiger partial charge in [0.1, 0.15) is 5.75 Å². The molecular weight excluding hydrogens is 362 g/mol. The standard InChI is InChI=1S/C24H25N3O2/c1-29-20-10-5-9-18(15-20)13-14-24(28)26-22-11-6-12-23-21(22)16-25-27(23)17-19-7-3-2-4-8-19/h2-5,7-10,13-16,22H,6,11-12,17H2,1H3,(H,26,28)/b14-13+. The topological polar surface area (TPSA) is 56.1 Å². The summed E-state index contributed by atoms with van der Waals surface area (Å²) in [5.74, 6) is 0.678. The quantitative estimate of drug-likeness (QED) is 0.647. The summed E-state index contributed by atoms with van der Waals surface area (Å²) >= 11 is 0. The molecule has 1 heterocycles. The zero-order valence-electron chi connectivity index (χ0n) is 16.5. The molecule has 1 atom stereocenters. The van der Waals surface area contributed by atoms with Crippen LogP contribution < -0.4 is 10.1 Å². The molecule has 1 amide bonds. The van der Waals surface area contributed by atoms with E-state index in [9.17, 15) is 4.79 Å². The third-order valence-corrected chi connectivity index (χ3v) is 5.28. The molecule has 0 bridgehead atoms. The van der Waals surface area contributed by atoms with Crippen LogP contribution in [0.25, 0.3) is 6.08 Å². The van der Waals surface area contributed by atoms with Crippen molar-refractivity contribution in [3.8, 4) is 5.75 Å². The van der Waals surface area contributed by atoms with E-state index in [4.69, 9.17) is 4.74 Å². The van der Waals surface area contributed by atoms with E-state index in [0.29, 0.717) is 0 Å². The second kappa shape index (κ2) is 8.78. The highest BCUT2D eigenvalue weighted by atomic mass is 16.5. The lowest BCUT2D eigenvalue weighted by molar-refractivity contribution is -0.117. The number of ether oxygens (including phenoxy) is 1. The Balaban J connectivity index is 1.44. The number of hydrogen-bond acceptors (Lipinski definition) is 3. The summed E-state index contributed by atoms with van der Waals surface area (Å²) in [5, 5.41) is 7.74. The highest BCUT2D eigenvalue weighted by Gasteiger charge is 2.25. The fourth-order valence-corrected chi connectivity index (χ4v) is 3.80. The SMILES string of the molecule is COc1cccc(/C=C/C(=O)NC2CCCc3c2cnn3Cc2ccccc2)c1. The van der Waals surface area contributed by atoms with E-state index in [0.717, 1.165) is 42.7 Å². The summed E-state index contributed by atoms with van der Waals surface area (Å²) in [6.07, 6.45) is 8.26. The van der Waals surface area contributed by atoms with E-state index in [1.54, 1.807) is 19.3 Å². The van der Waals surface area contributed by atoms with Gasteiger partial charge in [0.2, 0.25) is 5.91 Å². The van der Waals surface area contributed by atoms with Crippen molar-refractivity contribution in [2.24, 2.45) is 0 Å². The minimum atomic E-state index is -0.0959. The van der Waals surface area contributed by atoms with E-state index in [1.165, 1.54) is 11.3 Å². The third-order valence-electron chi connectivity index (χ3n) is 5.28. The van der Waals surface area contributed by atoms with E-state index in [2.05, 4.69) is 27.2 Å². The molecule has 5 heteroatoms. The summed E-state index contributed by atoms with van der Waals surface area (Å²) in [5.41, 5.74) is 4.52. The number of nitrogens with zero attached hydrogens (tertiary/aromatic N) is 2. The Kier molecular flexibility index (Phi) is 5.75. The Bertz CT molecular complexity index is 1010. The molecule has 0 fully saturated rings. The molecular formula is C24H25N3O2. The molecule has 0 aliphatic heterocycles. The lowest BCUT2D eigenvalue weighted by Gasteiger charge is -2.23. The molecule has 0 spiro atoms. The van der Waals surface area contributed by atoms with Crippen molar-refractivity contribution in [1.82, 2.24) is 15.1 Å². The van der Waals surface area contributed by atoms with Crippen molar-refractivity contribution in [2.45, 2.75) is 31.8 Å². The number of benzene rings is 2. The number of rotatable bonds is 6. The van der Waals surface area contributed by atoms with Crippen LogP contribution in [-0.2, 0) is 17.8 Å². The number of aromatic nitrogens is 2. The van der Waals surface area contributed by atoms with Crippen LogP contribution in [0.1, 0.15) is 41.3 Å². The van der Waals surface area contributed by atoms with Crippen molar-refractivity contribution < 1.29 is 9.53 Å². The zero-order chi connectivity index (χ0) is 20.1. The molecule has 4 rings (SSSR count). The largest absolute Gasteiger partial charge is 0.497 e. The molecule has 1 aromatic heterocycles. The lowest BCUT2D eigenvalue weighted by Crippen LogP contribution is -2.29. The van der Waals surface area contributed by atoms with Gasteiger partial charge >= 0.3 is 0 Å². The molecule has 2 aromatic carbocycles. The normalized spacial score (nSPS) is 15.8. The van der Waals surface area contributed by atoms with E-state index in [-0.39, 0.29) is 11.9 Å². The minimum absolute atomic E-state index is 0.00531. The number of fused-ring (bicyclic) bond motifs is 1. The Morgan fingerprint density at radius 2 is 2.10 bits per heavy atom. The van der Waals surface area contributed by atoms with E-state index >= 15 is 0 Å². The monoisotopic (exact) mass is 387 g/mol. The Morgan fingerprint density at radius 1 is 1.24 bits per heavy atom. The molecule has 29 heavy (non-hydrogen) atoms. The third kappa shape index (κ3) is 4.57. The second-order valence-corrected chi connectivity index (χ2v) is 7.25. The lowest BCUT2D eigenvalue weighted by atomic mass is 9.93. The molecule has 148 valence electrons. The Morgan fingerprint density at radius 3 is 2.93 bits per heavy atom. The molecule has 0 radical (unpaired) electrons. The van der Waals surface area contributed by atoms with Crippen LogP contribution in [0.3, 0.4) is 0 Å². The average Bonchev–Trinajstić information content (AvgIpc) is 3.17. The first kappa shape index (κ1) is 19.0. The maximum atomic E-state index is 12.5. The number of hydrogen-bond donors (Lipinski definition) is 1. The van der Waals surface area contributed by atoms with Gasteiger partial charge < -0.3 is 10.1 Å². The molecule has 1 aliphatic carbocycles.